The molecule has 2 aromatic carbocycles. The zero-order valence-corrected chi connectivity index (χ0v) is 21.7. The average Bonchev–Trinajstić information content (AvgIpc) is 3.35. The molecule has 0 spiro atoms. The van der Waals surface area contributed by atoms with Gasteiger partial charge in [0.15, 0.2) is 0 Å². The van der Waals surface area contributed by atoms with Gasteiger partial charge < -0.3 is 15.6 Å². The fourth-order valence-electron chi connectivity index (χ4n) is 5.77. The number of hydrogen-bond acceptors (Lipinski definition) is 3. The Morgan fingerprint density at radius 2 is 1.76 bits per heavy atom. The first-order valence-corrected chi connectivity index (χ1v) is 13.7. The Bertz CT molecular complexity index is 1280. The minimum absolute atomic E-state index is 0.0343. The molecule has 0 aliphatic heterocycles. The van der Waals surface area contributed by atoms with E-state index in [0.717, 1.165) is 36.0 Å². The van der Waals surface area contributed by atoms with Crippen molar-refractivity contribution in [3.63, 3.8) is 0 Å². The number of benzene rings is 2. The maximum absolute atomic E-state index is 14.2. The number of pyridine rings is 1. The molecular formula is C32H38N4O. The summed E-state index contributed by atoms with van der Waals surface area (Å²) in [6, 6.07) is 24.7. The number of hydrogen-bond donors (Lipinski definition) is 3. The van der Waals surface area contributed by atoms with E-state index < -0.39 is 5.54 Å². The Labute approximate surface area is 220 Å². The van der Waals surface area contributed by atoms with Crippen LogP contribution in [0.5, 0.6) is 0 Å². The molecule has 3 N–H and O–H groups in total. The lowest BCUT2D eigenvalue weighted by Gasteiger charge is -2.35. The van der Waals surface area contributed by atoms with Crippen molar-refractivity contribution < 1.29 is 4.79 Å². The lowest BCUT2D eigenvalue weighted by molar-refractivity contribution is -0.128. The number of nitrogens with one attached hydrogen (secondary N) is 3. The molecule has 0 bridgehead atoms. The summed E-state index contributed by atoms with van der Waals surface area (Å²) in [4.78, 5) is 22.2. The fourth-order valence-corrected chi connectivity index (χ4v) is 5.77. The van der Waals surface area contributed by atoms with E-state index in [1.807, 2.05) is 43.6 Å². The van der Waals surface area contributed by atoms with Gasteiger partial charge in [-0.15, -0.1) is 0 Å². The number of carbonyl (C=O) groups is 1. The number of para-hydroxylation sites is 1. The minimum Gasteiger partial charge on any atom is -0.361 e. The van der Waals surface area contributed by atoms with Gasteiger partial charge in [-0.05, 0) is 61.4 Å². The van der Waals surface area contributed by atoms with Crippen LogP contribution in [0.4, 0.5) is 0 Å². The predicted molar refractivity (Wildman–Crippen MR) is 150 cm³/mol. The second-order valence-electron chi connectivity index (χ2n) is 10.6. The van der Waals surface area contributed by atoms with Crippen LogP contribution in [0.1, 0.15) is 61.9 Å². The first kappa shape index (κ1) is 25.2. The van der Waals surface area contributed by atoms with Gasteiger partial charge in [-0.2, -0.15) is 0 Å². The highest BCUT2D eigenvalue weighted by Crippen LogP contribution is 2.34. The zero-order valence-electron chi connectivity index (χ0n) is 21.7. The summed E-state index contributed by atoms with van der Waals surface area (Å²) in [6.07, 6.45) is 11.3. The molecule has 2 unspecified atom stereocenters. The van der Waals surface area contributed by atoms with Crippen LogP contribution < -0.4 is 10.6 Å². The van der Waals surface area contributed by atoms with E-state index in [1.54, 1.807) is 0 Å². The molecule has 192 valence electrons. The number of fused-ring (bicyclic) bond motifs is 1. The lowest BCUT2D eigenvalue weighted by Crippen LogP contribution is -2.58. The number of aromatic amines is 1. The van der Waals surface area contributed by atoms with Gasteiger partial charge in [0.2, 0.25) is 5.91 Å². The third-order valence-corrected chi connectivity index (χ3v) is 7.91. The van der Waals surface area contributed by atoms with Gasteiger partial charge in [-0.1, -0.05) is 73.9 Å². The van der Waals surface area contributed by atoms with E-state index in [9.17, 15) is 4.79 Å². The molecule has 0 radical (unpaired) electrons. The van der Waals surface area contributed by atoms with Crippen molar-refractivity contribution in [1.82, 2.24) is 20.6 Å². The van der Waals surface area contributed by atoms with Gasteiger partial charge in [-0.25, -0.2) is 0 Å². The zero-order chi connectivity index (χ0) is 25.5. The first-order valence-electron chi connectivity index (χ1n) is 13.7. The number of carbonyl (C=O) groups excluding carboxylic acids is 1. The van der Waals surface area contributed by atoms with E-state index in [4.69, 9.17) is 0 Å². The van der Waals surface area contributed by atoms with Crippen LogP contribution in [0.2, 0.25) is 0 Å². The molecule has 1 aliphatic rings. The molecule has 1 amide bonds. The maximum Gasteiger partial charge on any atom is 0.240 e. The van der Waals surface area contributed by atoms with Crippen molar-refractivity contribution >= 4 is 16.8 Å². The Hall–Kier alpha value is -3.44. The molecule has 5 rings (SSSR count). The Balaban J connectivity index is 1.40. The number of rotatable bonds is 10. The monoisotopic (exact) mass is 494 g/mol. The van der Waals surface area contributed by atoms with E-state index >= 15 is 0 Å². The SMILES string of the molecule is CC(Cc1c[nH]c2ccccc12)(NCCc1ccccc1)C(=O)NC(c1ccccn1)C1CCCCC1. The minimum atomic E-state index is -0.776. The lowest BCUT2D eigenvalue weighted by atomic mass is 9.81. The van der Waals surface area contributed by atoms with Crippen LogP contribution >= 0.6 is 0 Å². The van der Waals surface area contributed by atoms with Crippen molar-refractivity contribution in [3.05, 3.63) is 102 Å². The topological polar surface area (TPSA) is 69.8 Å². The molecule has 2 aromatic heterocycles. The standard InChI is InChI=1S/C32H38N4O/c1-32(35-21-19-24-12-4-2-5-13-24,22-26-23-34-28-17-9-8-16-27(26)28)31(37)36-30(25-14-6-3-7-15-25)29-18-10-11-20-33-29/h2,4-5,8-13,16-18,20,23,25,30,34-35H,3,6-7,14-15,19,21-22H2,1H3,(H,36,37). The quantitative estimate of drug-likeness (QED) is 0.248. The first-order chi connectivity index (χ1) is 18.1. The third-order valence-electron chi connectivity index (χ3n) is 7.91. The molecule has 2 heterocycles. The molecular weight excluding hydrogens is 456 g/mol. The van der Waals surface area contributed by atoms with Crippen molar-refractivity contribution in [2.45, 2.75) is 63.5 Å². The van der Waals surface area contributed by atoms with Crippen molar-refractivity contribution in [3.8, 4) is 0 Å². The Morgan fingerprint density at radius 3 is 2.54 bits per heavy atom. The van der Waals surface area contributed by atoms with Crippen LogP contribution in [-0.4, -0.2) is 28.0 Å². The van der Waals surface area contributed by atoms with Crippen LogP contribution in [0.15, 0.2) is 85.2 Å². The van der Waals surface area contributed by atoms with E-state index in [-0.39, 0.29) is 11.9 Å². The molecule has 0 saturated heterocycles. The Morgan fingerprint density at radius 1 is 1.00 bits per heavy atom. The largest absolute Gasteiger partial charge is 0.361 e. The average molecular weight is 495 g/mol. The number of amides is 1. The number of aromatic nitrogens is 2. The summed E-state index contributed by atoms with van der Waals surface area (Å²) in [5, 5.41) is 8.31. The van der Waals surface area contributed by atoms with Crippen molar-refractivity contribution in [1.29, 1.82) is 0 Å². The van der Waals surface area contributed by atoms with E-state index in [2.05, 4.69) is 69.1 Å². The number of H-pyrrole nitrogens is 1. The molecule has 37 heavy (non-hydrogen) atoms. The van der Waals surface area contributed by atoms with E-state index in [1.165, 1.54) is 30.2 Å². The summed E-state index contributed by atoms with van der Waals surface area (Å²) in [5.74, 6) is 0.446. The Kier molecular flexibility index (Phi) is 8.00. The van der Waals surface area contributed by atoms with E-state index in [0.29, 0.717) is 18.9 Å². The molecule has 1 aliphatic carbocycles. The summed E-state index contributed by atoms with van der Waals surface area (Å²) in [7, 11) is 0. The van der Waals surface area contributed by atoms with Gasteiger partial charge in [0.05, 0.1) is 17.3 Å². The summed E-state index contributed by atoms with van der Waals surface area (Å²) >= 11 is 0. The van der Waals surface area contributed by atoms with Crippen LogP contribution in [0.25, 0.3) is 10.9 Å². The van der Waals surface area contributed by atoms with Crippen molar-refractivity contribution in [2.75, 3.05) is 6.54 Å². The summed E-state index contributed by atoms with van der Waals surface area (Å²) < 4.78 is 0. The summed E-state index contributed by atoms with van der Waals surface area (Å²) in [6.45, 7) is 2.76. The molecule has 2 atom stereocenters. The predicted octanol–water partition coefficient (Wildman–Crippen LogP) is 6.13. The van der Waals surface area contributed by atoms with Gasteiger partial charge in [-0.3, -0.25) is 9.78 Å². The smallest absolute Gasteiger partial charge is 0.240 e. The van der Waals surface area contributed by atoms with Crippen LogP contribution in [0.3, 0.4) is 0 Å². The van der Waals surface area contributed by atoms with Gasteiger partial charge in [0, 0.05) is 36.3 Å². The molecule has 4 aromatic rings. The van der Waals surface area contributed by atoms with Crippen LogP contribution in [0, 0.1) is 5.92 Å². The molecule has 5 nitrogen and oxygen atoms in total. The third kappa shape index (κ3) is 6.11. The molecule has 5 heteroatoms. The maximum atomic E-state index is 14.2. The number of nitrogens with zero attached hydrogens (tertiary/aromatic N) is 1. The summed E-state index contributed by atoms with van der Waals surface area (Å²) in [5.41, 5.74) is 3.69. The second kappa shape index (κ2) is 11.7. The van der Waals surface area contributed by atoms with Crippen LogP contribution in [-0.2, 0) is 17.6 Å². The van der Waals surface area contributed by atoms with Gasteiger partial charge in [0.1, 0.15) is 0 Å². The molecule has 1 saturated carbocycles. The van der Waals surface area contributed by atoms with Crippen molar-refractivity contribution in [2.24, 2.45) is 5.92 Å². The normalized spacial score (nSPS) is 16.8. The highest BCUT2D eigenvalue weighted by Gasteiger charge is 2.37. The highest BCUT2D eigenvalue weighted by atomic mass is 16.2. The fraction of sp³-hybridized carbons (Fsp3) is 0.375. The second-order valence-corrected chi connectivity index (χ2v) is 10.6. The highest BCUT2D eigenvalue weighted by molar-refractivity contribution is 5.89. The molecule has 1 fully saturated rings. The van der Waals surface area contributed by atoms with Gasteiger partial charge >= 0.3 is 0 Å². The van der Waals surface area contributed by atoms with Gasteiger partial charge in [0.25, 0.3) is 0 Å².